The first-order valence-electron chi connectivity index (χ1n) is 12.9. The predicted octanol–water partition coefficient (Wildman–Crippen LogP) is 10.6. The molecule has 0 spiro atoms. The lowest BCUT2D eigenvalue weighted by molar-refractivity contribution is 0.518. The van der Waals surface area contributed by atoms with Crippen LogP contribution in [0.3, 0.4) is 0 Å². The summed E-state index contributed by atoms with van der Waals surface area (Å²) in [5, 5.41) is 0. The van der Waals surface area contributed by atoms with Gasteiger partial charge in [-0.25, -0.2) is 0 Å². The first kappa shape index (κ1) is 29.2. The fraction of sp³-hybridized carbons (Fsp3) is 1.00. The standard InChI is InChI=1S/C26H54.H3N/c1-3-5-7-9-11-13-15-17-19-21-23-25-26-24-22-20-18-16-14-12-10-8-6-4-2;/h3-26H2,1-2H3;1H3. The van der Waals surface area contributed by atoms with Crippen LogP contribution in [0.4, 0.5) is 0 Å². The van der Waals surface area contributed by atoms with Crippen LogP contribution >= 0.6 is 0 Å². The largest absolute Gasteiger partial charge is 0.344 e. The van der Waals surface area contributed by atoms with Gasteiger partial charge < -0.3 is 6.15 Å². The summed E-state index contributed by atoms with van der Waals surface area (Å²) in [5.74, 6) is 0. The van der Waals surface area contributed by atoms with Crippen molar-refractivity contribution >= 4 is 0 Å². The van der Waals surface area contributed by atoms with Gasteiger partial charge in [-0.3, -0.25) is 0 Å². The lowest BCUT2D eigenvalue weighted by Crippen LogP contribution is -1.84. The summed E-state index contributed by atoms with van der Waals surface area (Å²) >= 11 is 0. The molecule has 3 N–H and O–H groups in total. The first-order valence-corrected chi connectivity index (χ1v) is 12.9. The van der Waals surface area contributed by atoms with Crippen molar-refractivity contribution in [2.75, 3.05) is 0 Å². The van der Waals surface area contributed by atoms with Gasteiger partial charge in [0.15, 0.2) is 0 Å². The average molecular weight is 384 g/mol. The normalized spacial score (nSPS) is 10.9. The Morgan fingerprint density at radius 3 is 0.444 bits per heavy atom. The Kier molecular flexibility index (Phi) is 30.4. The Bertz CT molecular complexity index is 202. The second-order valence-electron chi connectivity index (χ2n) is 8.78. The molecule has 0 fully saturated rings. The minimum absolute atomic E-state index is 0. The van der Waals surface area contributed by atoms with Crippen LogP contribution in [0.1, 0.15) is 168 Å². The van der Waals surface area contributed by atoms with E-state index in [0.29, 0.717) is 0 Å². The summed E-state index contributed by atoms with van der Waals surface area (Å²) in [4.78, 5) is 0. The molecule has 1 nitrogen and oxygen atoms in total. The molecule has 0 saturated heterocycles. The third-order valence-corrected chi connectivity index (χ3v) is 5.96. The van der Waals surface area contributed by atoms with E-state index in [2.05, 4.69) is 13.8 Å². The van der Waals surface area contributed by atoms with E-state index >= 15 is 0 Å². The Morgan fingerprint density at radius 2 is 0.333 bits per heavy atom. The van der Waals surface area contributed by atoms with Gasteiger partial charge in [0, 0.05) is 0 Å². The van der Waals surface area contributed by atoms with Gasteiger partial charge in [0.05, 0.1) is 0 Å². The van der Waals surface area contributed by atoms with Crippen molar-refractivity contribution in [3.63, 3.8) is 0 Å². The molecule has 0 rings (SSSR count). The highest BCUT2D eigenvalue weighted by atomic mass is 14.0. The van der Waals surface area contributed by atoms with E-state index in [1.807, 2.05) is 0 Å². The van der Waals surface area contributed by atoms with Crippen LogP contribution in [-0.4, -0.2) is 0 Å². The molecule has 0 aliphatic rings. The van der Waals surface area contributed by atoms with E-state index in [9.17, 15) is 0 Å². The summed E-state index contributed by atoms with van der Waals surface area (Å²) in [7, 11) is 0. The Morgan fingerprint density at radius 1 is 0.222 bits per heavy atom. The lowest BCUT2D eigenvalue weighted by Gasteiger charge is -2.04. The maximum atomic E-state index is 2.30. The van der Waals surface area contributed by atoms with E-state index in [-0.39, 0.29) is 6.15 Å². The highest BCUT2D eigenvalue weighted by molar-refractivity contribution is 4.51. The zero-order valence-electron chi connectivity index (χ0n) is 19.7. The van der Waals surface area contributed by atoms with Crippen LogP contribution < -0.4 is 6.15 Å². The molecule has 1 heteroatoms. The van der Waals surface area contributed by atoms with E-state index in [0.717, 1.165) is 0 Å². The van der Waals surface area contributed by atoms with Gasteiger partial charge in [0.1, 0.15) is 0 Å². The molecule has 0 aliphatic carbocycles. The van der Waals surface area contributed by atoms with Crippen molar-refractivity contribution in [1.29, 1.82) is 0 Å². The highest BCUT2D eigenvalue weighted by Gasteiger charge is 1.95. The van der Waals surface area contributed by atoms with Crippen LogP contribution in [0.25, 0.3) is 0 Å². The minimum Gasteiger partial charge on any atom is -0.344 e. The fourth-order valence-electron chi connectivity index (χ4n) is 4.04. The minimum atomic E-state index is 0. The second kappa shape index (κ2) is 28.2. The molecule has 0 saturated carbocycles. The van der Waals surface area contributed by atoms with Crippen molar-refractivity contribution in [3.8, 4) is 0 Å². The molecule has 0 unspecified atom stereocenters. The van der Waals surface area contributed by atoms with E-state index in [1.165, 1.54) is 154 Å². The molecule has 0 radical (unpaired) electrons. The second-order valence-corrected chi connectivity index (χ2v) is 8.78. The van der Waals surface area contributed by atoms with Crippen LogP contribution in [0.5, 0.6) is 0 Å². The Hall–Kier alpha value is -0.0400. The van der Waals surface area contributed by atoms with Gasteiger partial charge in [-0.05, 0) is 0 Å². The SMILES string of the molecule is CCCCCCCCCCCCCCCCCCCCCCCCCC.N. The molecule has 27 heavy (non-hydrogen) atoms. The smallest absolute Gasteiger partial charge is 0.0533 e. The molecule has 0 aliphatic heterocycles. The van der Waals surface area contributed by atoms with Gasteiger partial charge in [0.25, 0.3) is 0 Å². The highest BCUT2D eigenvalue weighted by Crippen LogP contribution is 2.15. The number of hydrogen-bond donors (Lipinski definition) is 1. The van der Waals surface area contributed by atoms with E-state index in [4.69, 9.17) is 0 Å². The average Bonchev–Trinajstić information content (AvgIpc) is 2.66. The number of rotatable bonds is 23. The quantitative estimate of drug-likeness (QED) is 0.175. The van der Waals surface area contributed by atoms with Crippen molar-refractivity contribution < 1.29 is 0 Å². The molecule has 166 valence electrons. The van der Waals surface area contributed by atoms with E-state index in [1.54, 1.807) is 0 Å². The summed E-state index contributed by atoms with van der Waals surface area (Å²) in [6, 6.07) is 0. The van der Waals surface area contributed by atoms with Crippen LogP contribution in [0.2, 0.25) is 0 Å². The van der Waals surface area contributed by atoms with Gasteiger partial charge in [-0.1, -0.05) is 168 Å². The van der Waals surface area contributed by atoms with Crippen LogP contribution in [0, 0.1) is 0 Å². The third-order valence-electron chi connectivity index (χ3n) is 5.96. The monoisotopic (exact) mass is 383 g/mol. The number of hydrogen-bond acceptors (Lipinski definition) is 1. The zero-order valence-corrected chi connectivity index (χ0v) is 19.7. The van der Waals surface area contributed by atoms with Gasteiger partial charge in [-0.15, -0.1) is 0 Å². The van der Waals surface area contributed by atoms with Crippen LogP contribution in [0.15, 0.2) is 0 Å². The molecule has 0 aromatic rings. The van der Waals surface area contributed by atoms with E-state index < -0.39 is 0 Å². The van der Waals surface area contributed by atoms with Gasteiger partial charge >= 0.3 is 0 Å². The summed E-state index contributed by atoms with van der Waals surface area (Å²) in [6.45, 7) is 4.61. The maximum absolute atomic E-state index is 2.30. The summed E-state index contributed by atoms with van der Waals surface area (Å²) in [6.07, 6.45) is 35.4. The summed E-state index contributed by atoms with van der Waals surface area (Å²) in [5.41, 5.74) is 0. The zero-order chi connectivity index (χ0) is 19.0. The Balaban J connectivity index is 0. The van der Waals surface area contributed by atoms with Crippen molar-refractivity contribution in [1.82, 2.24) is 6.15 Å². The molecule has 0 heterocycles. The topological polar surface area (TPSA) is 35.0 Å². The van der Waals surface area contributed by atoms with Crippen molar-refractivity contribution in [2.45, 2.75) is 168 Å². The van der Waals surface area contributed by atoms with Crippen molar-refractivity contribution in [2.24, 2.45) is 0 Å². The molecule has 0 atom stereocenters. The molecule has 0 bridgehead atoms. The molecular formula is C26H57N. The molecule has 0 aromatic carbocycles. The maximum Gasteiger partial charge on any atom is -0.0533 e. The lowest BCUT2D eigenvalue weighted by atomic mass is 10.0. The van der Waals surface area contributed by atoms with Crippen LogP contribution in [-0.2, 0) is 0 Å². The Labute approximate surface area is 174 Å². The molecule has 0 amide bonds. The third kappa shape index (κ3) is 28.3. The predicted molar refractivity (Wildman–Crippen MR) is 127 cm³/mol. The van der Waals surface area contributed by atoms with Gasteiger partial charge in [-0.2, -0.15) is 0 Å². The fourth-order valence-corrected chi connectivity index (χ4v) is 4.04. The molecule has 0 aromatic heterocycles. The van der Waals surface area contributed by atoms with Gasteiger partial charge in [0.2, 0.25) is 0 Å². The summed E-state index contributed by atoms with van der Waals surface area (Å²) < 4.78 is 0. The number of unbranched alkanes of at least 4 members (excludes halogenated alkanes) is 23. The van der Waals surface area contributed by atoms with Crippen molar-refractivity contribution in [3.05, 3.63) is 0 Å². The first-order chi connectivity index (χ1) is 12.9. The molecular weight excluding hydrogens is 326 g/mol.